The van der Waals surface area contributed by atoms with E-state index < -0.39 is 5.97 Å². The van der Waals surface area contributed by atoms with Gasteiger partial charge in [0.2, 0.25) is 5.69 Å². The minimum atomic E-state index is -0.542. The third kappa shape index (κ3) is 3.72. The van der Waals surface area contributed by atoms with E-state index in [-0.39, 0.29) is 11.5 Å². The molecule has 0 aliphatic carbocycles. The van der Waals surface area contributed by atoms with Crippen LogP contribution in [0.3, 0.4) is 0 Å². The van der Waals surface area contributed by atoms with Gasteiger partial charge in [0.15, 0.2) is 5.82 Å². The third-order valence-electron chi connectivity index (χ3n) is 2.63. The van der Waals surface area contributed by atoms with E-state index in [1.54, 1.807) is 4.68 Å². The number of nitrogen functional groups attached to an aromatic ring is 1. The summed E-state index contributed by atoms with van der Waals surface area (Å²) >= 11 is 0. The molecule has 0 radical (unpaired) electrons. The van der Waals surface area contributed by atoms with Crippen molar-refractivity contribution in [1.29, 1.82) is 0 Å². The fraction of sp³-hybridized carbons (Fsp3) is 0.727. The van der Waals surface area contributed by atoms with Gasteiger partial charge < -0.3 is 10.5 Å². The number of carbonyl (C=O) groups is 1. The van der Waals surface area contributed by atoms with Gasteiger partial charge in [0.25, 0.3) is 0 Å². The Hall–Kier alpha value is -1.59. The lowest BCUT2D eigenvalue weighted by atomic mass is 10.1. The molecule has 6 nitrogen and oxygen atoms in total. The van der Waals surface area contributed by atoms with Gasteiger partial charge in [-0.15, -0.1) is 5.10 Å². The first-order valence-corrected chi connectivity index (χ1v) is 5.98. The van der Waals surface area contributed by atoms with Crippen molar-refractivity contribution in [3.63, 3.8) is 0 Å². The van der Waals surface area contributed by atoms with E-state index in [0.29, 0.717) is 6.54 Å². The number of aromatic nitrogens is 3. The average Bonchev–Trinajstić information content (AvgIpc) is 2.70. The van der Waals surface area contributed by atoms with Crippen LogP contribution in [0, 0.1) is 0 Å². The zero-order valence-electron chi connectivity index (χ0n) is 10.5. The fourth-order valence-corrected chi connectivity index (χ4v) is 1.59. The Morgan fingerprint density at radius 2 is 2.06 bits per heavy atom. The number of nitrogens with zero attached hydrogens (tertiary/aromatic N) is 3. The zero-order valence-corrected chi connectivity index (χ0v) is 10.5. The lowest BCUT2D eigenvalue weighted by Crippen LogP contribution is -2.09. The van der Waals surface area contributed by atoms with Crippen LogP contribution in [-0.4, -0.2) is 28.1 Å². The number of carbonyl (C=O) groups excluding carboxylic acids is 1. The summed E-state index contributed by atoms with van der Waals surface area (Å²) in [7, 11) is 1.30. The number of hydrogen-bond donors (Lipinski definition) is 1. The van der Waals surface area contributed by atoms with E-state index in [4.69, 9.17) is 5.73 Å². The molecule has 96 valence electrons. The first-order chi connectivity index (χ1) is 8.20. The highest BCUT2D eigenvalue weighted by Crippen LogP contribution is 2.11. The highest BCUT2D eigenvalue weighted by Gasteiger charge is 2.17. The standard InChI is InChI=1S/C11H20N4O2/c1-3-4-5-6-7-8-15-10(12)9(13-14-15)11(16)17-2/h3-8,12H2,1-2H3. The summed E-state index contributed by atoms with van der Waals surface area (Å²) in [6.07, 6.45) is 5.82. The second-order valence-electron chi connectivity index (χ2n) is 3.95. The molecule has 0 aliphatic heterocycles. The smallest absolute Gasteiger partial charge is 0.362 e. The minimum absolute atomic E-state index is 0.0982. The molecule has 0 saturated heterocycles. The molecule has 0 saturated carbocycles. The van der Waals surface area contributed by atoms with Gasteiger partial charge in [0.1, 0.15) is 0 Å². The Balaban J connectivity index is 2.44. The molecule has 0 bridgehead atoms. The Morgan fingerprint density at radius 3 is 2.71 bits per heavy atom. The van der Waals surface area contributed by atoms with Crippen molar-refractivity contribution in [3.05, 3.63) is 5.69 Å². The number of aryl methyl sites for hydroxylation is 1. The highest BCUT2D eigenvalue weighted by molar-refractivity contribution is 5.91. The van der Waals surface area contributed by atoms with E-state index in [1.807, 2.05) is 0 Å². The van der Waals surface area contributed by atoms with Gasteiger partial charge in [0.05, 0.1) is 7.11 Å². The molecule has 0 aliphatic rings. The van der Waals surface area contributed by atoms with E-state index >= 15 is 0 Å². The molecule has 1 aromatic rings. The van der Waals surface area contributed by atoms with Crippen LogP contribution in [0.5, 0.6) is 0 Å². The molecule has 0 aromatic carbocycles. The number of esters is 1. The quantitative estimate of drug-likeness (QED) is 0.578. The lowest BCUT2D eigenvalue weighted by Gasteiger charge is -2.03. The molecule has 6 heteroatoms. The van der Waals surface area contributed by atoms with Crippen molar-refractivity contribution in [2.24, 2.45) is 0 Å². The first kappa shape index (κ1) is 13.5. The molecule has 1 heterocycles. The molecule has 0 unspecified atom stereocenters. The van der Waals surface area contributed by atoms with Gasteiger partial charge in [-0.3, -0.25) is 0 Å². The summed E-state index contributed by atoms with van der Waals surface area (Å²) < 4.78 is 6.11. The van der Waals surface area contributed by atoms with E-state index in [2.05, 4.69) is 22.0 Å². The predicted molar refractivity (Wildman–Crippen MR) is 64.5 cm³/mol. The Bertz CT molecular complexity index is 362. The number of methoxy groups -OCH3 is 1. The van der Waals surface area contributed by atoms with Crippen LogP contribution < -0.4 is 5.73 Å². The Morgan fingerprint density at radius 1 is 1.35 bits per heavy atom. The van der Waals surface area contributed by atoms with Crippen molar-refractivity contribution in [2.75, 3.05) is 12.8 Å². The van der Waals surface area contributed by atoms with Crippen LogP contribution in [0.15, 0.2) is 0 Å². The summed E-state index contributed by atoms with van der Waals surface area (Å²) in [6.45, 7) is 2.87. The zero-order chi connectivity index (χ0) is 12.7. The molecule has 1 aromatic heterocycles. The van der Waals surface area contributed by atoms with E-state index in [9.17, 15) is 4.79 Å². The molecule has 0 atom stereocenters. The number of nitrogens with two attached hydrogens (primary N) is 1. The van der Waals surface area contributed by atoms with Crippen molar-refractivity contribution in [2.45, 2.75) is 45.6 Å². The van der Waals surface area contributed by atoms with E-state index in [0.717, 1.165) is 12.8 Å². The molecule has 0 fully saturated rings. The molecular weight excluding hydrogens is 220 g/mol. The summed E-state index contributed by atoms with van der Waals surface area (Å²) in [5.74, 6) is -0.257. The summed E-state index contributed by atoms with van der Waals surface area (Å²) in [4.78, 5) is 11.2. The first-order valence-electron chi connectivity index (χ1n) is 5.98. The van der Waals surface area contributed by atoms with Gasteiger partial charge in [-0.05, 0) is 6.42 Å². The topological polar surface area (TPSA) is 83.0 Å². The lowest BCUT2D eigenvalue weighted by molar-refractivity contribution is 0.0595. The van der Waals surface area contributed by atoms with Gasteiger partial charge in [-0.25, -0.2) is 9.48 Å². The summed E-state index contributed by atoms with van der Waals surface area (Å²) in [5, 5.41) is 7.56. The number of rotatable bonds is 7. The summed E-state index contributed by atoms with van der Waals surface area (Å²) in [5.41, 5.74) is 5.86. The maximum absolute atomic E-state index is 11.2. The monoisotopic (exact) mass is 240 g/mol. The second kappa shape index (κ2) is 6.88. The second-order valence-corrected chi connectivity index (χ2v) is 3.95. The van der Waals surface area contributed by atoms with Crippen molar-refractivity contribution < 1.29 is 9.53 Å². The maximum Gasteiger partial charge on any atom is 0.362 e. The third-order valence-corrected chi connectivity index (χ3v) is 2.63. The fourth-order valence-electron chi connectivity index (χ4n) is 1.59. The normalized spacial score (nSPS) is 10.5. The van der Waals surface area contributed by atoms with Gasteiger partial charge >= 0.3 is 5.97 Å². The van der Waals surface area contributed by atoms with Crippen LogP contribution in [0.2, 0.25) is 0 Å². The Kier molecular flexibility index (Phi) is 5.45. The molecule has 0 amide bonds. The maximum atomic E-state index is 11.2. The van der Waals surface area contributed by atoms with Crippen molar-refractivity contribution in [1.82, 2.24) is 15.0 Å². The SMILES string of the molecule is CCCCCCCn1nnc(C(=O)OC)c1N. The van der Waals surface area contributed by atoms with Gasteiger partial charge in [-0.1, -0.05) is 37.8 Å². The number of anilines is 1. The number of hydrogen-bond acceptors (Lipinski definition) is 5. The van der Waals surface area contributed by atoms with Crippen LogP contribution in [-0.2, 0) is 11.3 Å². The average molecular weight is 240 g/mol. The van der Waals surface area contributed by atoms with Gasteiger partial charge in [0, 0.05) is 6.54 Å². The molecular formula is C11H20N4O2. The van der Waals surface area contributed by atoms with Crippen LogP contribution in [0.4, 0.5) is 5.82 Å². The predicted octanol–water partition coefficient (Wildman–Crippen LogP) is 1.62. The number of ether oxygens (including phenoxy) is 1. The van der Waals surface area contributed by atoms with Gasteiger partial charge in [-0.2, -0.15) is 0 Å². The van der Waals surface area contributed by atoms with Crippen LogP contribution in [0.25, 0.3) is 0 Å². The van der Waals surface area contributed by atoms with Crippen molar-refractivity contribution in [3.8, 4) is 0 Å². The highest BCUT2D eigenvalue weighted by atomic mass is 16.5. The molecule has 17 heavy (non-hydrogen) atoms. The molecule has 0 spiro atoms. The Labute approximate surface area is 101 Å². The van der Waals surface area contributed by atoms with Crippen molar-refractivity contribution >= 4 is 11.8 Å². The molecule has 2 N–H and O–H groups in total. The van der Waals surface area contributed by atoms with Crippen LogP contribution in [0.1, 0.15) is 49.5 Å². The molecule has 1 rings (SSSR count). The largest absolute Gasteiger partial charge is 0.464 e. The van der Waals surface area contributed by atoms with E-state index in [1.165, 1.54) is 26.4 Å². The number of unbranched alkanes of at least 4 members (excludes halogenated alkanes) is 4. The van der Waals surface area contributed by atoms with Crippen LogP contribution >= 0.6 is 0 Å². The summed E-state index contributed by atoms with van der Waals surface area (Å²) in [6, 6.07) is 0. The minimum Gasteiger partial charge on any atom is -0.464 e.